The average molecular weight is 223 g/mol. The molecule has 0 aromatic heterocycles. The summed E-state index contributed by atoms with van der Waals surface area (Å²) in [6.07, 6.45) is 4.49. The van der Waals surface area contributed by atoms with Gasteiger partial charge >= 0.3 is 0 Å². The van der Waals surface area contributed by atoms with Crippen LogP contribution in [0.5, 0.6) is 0 Å². The molecule has 1 aliphatic carbocycles. The molecule has 3 heteroatoms. The van der Waals surface area contributed by atoms with Crippen molar-refractivity contribution in [2.45, 2.75) is 31.2 Å². The summed E-state index contributed by atoms with van der Waals surface area (Å²) in [7, 11) is 0. The van der Waals surface area contributed by atoms with Crippen molar-refractivity contribution in [1.29, 1.82) is 5.26 Å². The highest BCUT2D eigenvalue weighted by Gasteiger charge is 2.30. The highest BCUT2D eigenvalue weighted by atomic mass is 35.5. The second kappa shape index (κ2) is 4.65. The van der Waals surface area contributed by atoms with Crippen LogP contribution in [-0.2, 0) is 5.54 Å². The molecule has 0 unspecified atom stereocenters. The molecular formula is C12H15ClN2. The highest BCUT2D eigenvalue weighted by Crippen LogP contribution is 2.36. The molecule has 80 valence electrons. The van der Waals surface area contributed by atoms with E-state index in [1.807, 2.05) is 24.3 Å². The van der Waals surface area contributed by atoms with E-state index in [9.17, 15) is 0 Å². The van der Waals surface area contributed by atoms with Gasteiger partial charge in [0, 0.05) is 5.54 Å². The van der Waals surface area contributed by atoms with Crippen LogP contribution >= 0.6 is 12.4 Å². The van der Waals surface area contributed by atoms with E-state index >= 15 is 0 Å². The predicted octanol–water partition coefficient (Wildman–Crippen LogP) is 2.71. The molecule has 0 amide bonds. The van der Waals surface area contributed by atoms with E-state index in [0.717, 1.165) is 18.4 Å². The minimum absolute atomic E-state index is 0. The number of rotatable bonds is 1. The normalized spacial score (nSPS) is 17.9. The first-order valence-corrected chi connectivity index (χ1v) is 5.04. The van der Waals surface area contributed by atoms with Crippen LogP contribution in [0.4, 0.5) is 0 Å². The molecule has 2 rings (SSSR count). The van der Waals surface area contributed by atoms with Crippen LogP contribution in [0.15, 0.2) is 24.3 Å². The molecule has 1 aliphatic rings. The number of nitrogens with zero attached hydrogens (tertiary/aromatic N) is 1. The van der Waals surface area contributed by atoms with Gasteiger partial charge in [-0.05, 0) is 30.5 Å². The van der Waals surface area contributed by atoms with E-state index in [1.165, 1.54) is 12.8 Å². The van der Waals surface area contributed by atoms with Crippen molar-refractivity contribution in [3.8, 4) is 6.07 Å². The van der Waals surface area contributed by atoms with E-state index in [1.54, 1.807) is 0 Å². The van der Waals surface area contributed by atoms with Crippen molar-refractivity contribution in [3.63, 3.8) is 0 Å². The van der Waals surface area contributed by atoms with E-state index in [0.29, 0.717) is 5.56 Å². The van der Waals surface area contributed by atoms with Gasteiger partial charge < -0.3 is 5.73 Å². The smallest absolute Gasteiger partial charge is 0.0991 e. The van der Waals surface area contributed by atoms with Gasteiger partial charge in [0.25, 0.3) is 0 Å². The zero-order valence-electron chi connectivity index (χ0n) is 8.57. The second-order valence-electron chi connectivity index (χ2n) is 4.06. The minimum atomic E-state index is -0.174. The standard InChI is InChI=1S/C12H14N2.ClH/c13-9-10-4-3-5-11(8-10)12(14)6-1-2-7-12;/h3-5,8H,1-2,6-7,14H2;1H. The van der Waals surface area contributed by atoms with Crippen molar-refractivity contribution in [1.82, 2.24) is 0 Å². The SMILES string of the molecule is Cl.N#Cc1cccc(C2(N)CCCC2)c1. The van der Waals surface area contributed by atoms with E-state index in [4.69, 9.17) is 11.0 Å². The summed E-state index contributed by atoms with van der Waals surface area (Å²) >= 11 is 0. The summed E-state index contributed by atoms with van der Waals surface area (Å²) in [5.41, 5.74) is 7.95. The molecule has 0 spiro atoms. The lowest BCUT2D eigenvalue weighted by Gasteiger charge is -2.24. The molecule has 0 radical (unpaired) electrons. The largest absolute Gasteiger partial charge is 0.321 e. The van der Waals surface area contributed by atoms with Gasteiger partial charge in [-0.1, -0.05) is 25.0 Å². The third kappa shape index (κ3) is 2.31. The Morgan fingerprint density at radius 1 is 1.27 bits per heavy atom. The molecule has 15 heavy (non-hydrogen) atoms. The van der Waals surface area contributed by atoms with E-state index in [-0.39, 0.29) is 17.9 Å². The molecule has 1 fully saturated rings. The Morgan fingerprint density at radius 2 is 1.93 bits per heavy atom. The van der Waals surface area contributed by atoms with Crippen molar-refractivity contribution in [2.75, 3.05) is 0 Å². The fourth-order valence-electron chi connectivity index (χ4n) is 2.19. The van der Waals surface area contributed by atoms with Crippen LogP contribution < -0.4 is 5.73 Å². The molecule has 1 saturated carbocycles. The van der Waals surface area contributed by atoms with Crippen molar-refractivity contribution < 1.29 is 0 Å². The lowest BCUT2D eigenvalue weighted by molar-refractivity contribution is 0.461. The maximum absolute atomic E-state index is 8.80. The Kier molecular flexibility index (Phi) is 3.73. The summed E-state index contributed by atoms with van der Waals surface area (Å²) in [4.78, 5) is 0. The van der Waals surface area contributed by atoms with Gasteiger partial charge in [0.2, 0.25) is 0 Å². The molecule has 0 bridgehead atoms. The molecule has 0 aliphatic heterocycles. The fourth-order valence-corrected chi connectivity index (χ4v) is 2.19. The minimum Gasteiger partial charge on any atom is -0.321 e. The van der Waals surface area contributed by atoms with Gasteiger partial charge in [-0.2, -0.15) is 5.26 Å². The van der Waals surface area contributed by atoms with Gasteiger partial charge in [0.1, 0.15) is 0 Å². The fraction of sp³-hybridized carbons (Fsp3) is 0.417. The molecule has 0 heterocycles. The molecule has 1 aromatic carbocycles. The third-order valence-corrected chi connectivity index (χ3v) is 3.06. The second-order valence-corrected chi connectivity index (χ2v) is 4.06. The molecule has 0 atom stereocenters. The van der Waals surface area contributed by atoms with Crippen molar-refractivity contribution in [3.05, 3.63) is 35.4 Å². The first-order chi connectivity index (χ1) is 6.74. The van der Waals surface area contributed by atoms with E-state index < -0.39 is 0 Å². The summed E-state index contributed by atoms with van der Waals surface area (Å²) in [5, 5.41) is 8.80. The lowest BCUT2D eigenvalue weighted by atomic mass is 9.88. The third-order valence-electron chi connectivity index (χ3n) is 3.06. The summed E-state index contributed by atoms with van der Waals surface area (Å²) in [6.45, 7) is 0. The number of hydrogen-bond acceptors (Lipinski definition) is 2. The monoisotopic (exact) mass is 222 g/mol. The number of hydrogen-bond donors (Lipinski definition) is 1. The first kappa shape index (κ1) is 12.0. The lowest BCUT2D eigenvalue weighted by Crippen LogP contribution is -2.33. The number of benzene rings is 1. The van der Waals surface area contributed by atoms with Crippen LogP contribution in [0.2, 0.25) is 0 Å². The quantitative estimate of drug-likeness (QED) is 0.794. The molecule has 0 saturated heterocycles. The number of halogens is 1. The maximum Gasteiger partial charge on any atom is 0.0991 e. The molecule has 2 nitrogen and oxygen atoms in total. The predicted molar refractivity (Wildman–Crippen MR) is 62.7 cm³/mol. The van der Waals surface area contributed by atoms with Gasteiger partial charge in [0.15, 0.2) is 0 Å². The number of nitrogens with two attached hydrogens (primary N) is 1. The first-order valence-electron chi connectivity index (χ1n) is 5.04. The Morgan fingerprint density at radius 3 is 2.53 bits per heavy atom. The Labute approximate surface area is 96.5 Å². The highest BCUT2D eigenvalue weighted by molar-refractivity contribution is 5.85. The molecule has 1 aromatic rings. The van der Waals surface area contributed by atoms with Crippen LogP contribution in [-0.4, -0.2) is 0 Å². The summed E-state index contributed by atoms with van der Waals surface area (Å²) < 4.78 is 0. The zero-order valence-corrected chi connectivity index (χ0v) is 9.39. The summed E-state index contributed by atoms with van der Waals surface area (Å²) in [6, 6.07) is 9.85. The average Bonchev–Trinajstić information content (AvgIpc) is 2.67. The van der Waals surface area contributed by atoms with Gasteiger partial charge in [-0.15, -0.1) is 12.4 Å². The van der Waals surface area contributed by atoms with E-state index in [2.05, 4.69) is 6.07 Å². The maximum atomic E-state index is 8.80. The van der Waals surface area contributed by atoms with Gasteiger partial charge in [-0.25, -0.2) is 0 Å². The van der Waals surface area contributed by atoms with Crippen LogP contribution in [0, 0.1) is 11.3 Å². The summed E-state index contributed by atoms with van der Waals surface area (Å²) in [5.74, 6) is 0. The topological polar surface area (TPSA) is 49.8 Å². The Bertz CT molecular complexity index is 375. The molecular weight excluding hydrogens is 208 g/mol. The van der Waals surface area contributed by atoms with Crippen LogP contribution in [0.1, 0.15) is 36.8 Å². The van der Waals surface area contributed by atoms with Gasteiger partial charge in [-0.3, -0.25) is 0 Å². The Balaban J connectivity index is 0.00000112. The Hall–Kier alpha value is -1.04. The van der Waals surface area contributed by atoms with Crippen molar-refractivity contribution >= 4 is 12.4 Å². The van der Waals surface area contributed by atoms with Crippen LogP contribution in [0.3, 0.4) is 0 Å². The number of nitriles is 1. The van der Waals surface area contributed by atoms with Gasteiger partial charge in [0.05, 0.1) is 11.6 Å². The molecule has 2 N–H and O–H groups in total. The zero-order chi connectivity index (χ0) is 10.0. The van der Waals surface area contributed by atoms with Crippen LogP contribution in [0.25, 0.3) is 0 Å². The van der Waals surface area contributed by atoms with Crippen molar-refractivity contribution in [2.24, 2.45) is 5.73 Å².